The van der Waals surface area contributed by atoms with Crippen LogP contribution in [0.15, 0.2) is 24.3 Å². The molecular weight excluding hydrogens is 238 g/mol. The second kappa shape index (κ2) is 5.74. The standard InChI is InChI=1S/C16H25NO2/c1-11(17(6)12(2)15(18)19)13-7-9-14(10-8-13)16(3,4)5/h7-12H,1-6H3,(H,18,19). The lowest BCUT2D eigenvalue weighted by Crippen LogP contribution is -2.37. The maximum atomic E-state index is 11.0. The van der Waals surface area contributed by atoms with Crippen LogP contribution in [0, 0.1) is 0 Å². The van der Waals surface area contributed by atoms with Crippen LogP contribution in [0.4, 0.5) is 0 Å². The van der Waals surface area contributed by atoms with E-state index in [-0.39, 0.29) is 11.5 Å². The summed E-state index contributed by atoms with van der Waals surface area (Å²) in [6.07, 6.45) is 0. The molecule has 1 aromatic rings. The third kappa shape index (κ3) is 3.80. The van der Waals surface area contributed by atoms with E-state index in [9.17, 15) is 4.79 Å². The van der Waals surface area contributed by atoms with E-state index in [1.54, 1.807) is 6.92 Å². The van der Waals surface area contributed by atoms with Gasteiger partial charge in [-0.3, -0.25) is 9.69 Å². The molecular formula is C16H25NO2. The van der Waals surface area contributed by atoms with Gasteiger partial charge in [0.15, 0.2) is 0 Å². The first kappa shape index (κ1) is 15.7. The Morgan fingerprint density at radius 3 is 2.00 bits per heavy atom. The number of hydrogen-bond acceptors (Lipinski definition) is 2. The van der Waals surface area contributed by atoms with E-state index in [4.69, 9.17) is 5.11 Å². The van der Waals surface area contributed by atoms with E-state index in [0.717, 1.165) is 5.56 Å². The van der Waals surface area contributed by atoms with Crippen LogP contribution in [0.2, 0.25) is 0 Å². The minimum atomic E-state index is -0.791. The summed E-state index contributed by atoms with van der Waals surface area (Å²) in [7, 11) is 1.85. The van der Waals surface area contributed by atoms with Gasteiger partial charge >= 0.3 is 5.97 Å². The maximum Gasteiger partial charge on any atom is 0.320 e. The number of nitrogens with zero attached hydrogens (tertiary/aromatic N) is 1. The average molecular weight is 263 g/mol. The van der Waals surface area contributed by atoms with E-state index >= 15 is 0 Å². The fourth-order valence-corrected chi connectivity index (χ4v) is 2.01. The highest BCUT2D eigenvalue weighted by Crippen LogP contribution is 2.26. The van der Waals surface area contributed by atoms with Gasteiger partial charge in [0, 0.05) is 6.04 Å². The van der Waals surface area contributed by atoms with Gasteiger partial charge in [-0.15, -0.1) is 0 Å². The Bertz CT molecular complexity index is 431. The molecule has 0 saturated carbocycles. The Morgan fingerprint density at radius 1 is 1.16 bits per heavy atom. The molecule has 106 valence electrons. The number of aliphatic carboxylic acids is 1. The monoisotopic (exact) mass is 263 g/mol. The van der Waals surface area contributed by atoms with Gasteiger partial charge in [-0.25, -0.2) is 0 Å². The zero-order valence-corrected chi connectivity index (χ0v) is 12.8. The molecule has 2 unspecified atom stereocenters. The molecule has 2 atom stereocenters. The second-order valence-corrected chi connectivity index (χ2v) is 6.23. The summed E-state index contributed by atoms with van der Waals surface area (Å²) in [5.74, 6) is -0.791. The molecule has 0 saturated heterocycles. The molecule has 3 heteroatoms. The van der Waals surface area contributed by atoms with Crippen LogP contribution in [0.3, 0.4) is 0 Å². The Morgan fingerprint density at radius 2 is 1.63 bits per heavy atom. The Hall–Kier alpha value is -1.35. The molecule has 0 aliphatic rings. The topological polar surface area (TPSA) is 40.5 Å². The minimum Gasteiger partial charge on any atom is -0.480 e. The van der Waals surface area contributed by atoms with Crippen LogP contribution < -0.4 is 0 Å². The van der Waals surface area contributed by atoms with Crippen LogP contribution in [-0.2, 0) is 10.2 Å². The highest BCUT2D eigenvalue weighted by molar-refractivity contribution is 5.72. The van der Waals surface area contributed by atoms with Gasteiger partial charge in [0.25, 0.3) is 0 Å². The molecule has 1 aromatic carbocycles. The van der Waals surface area contributed by atoms with Gasteiger partial charge in [-0.1, -0.05) is 45.0 Å². The summed E-state index contributed by atoms with van der Waals surface area (Å²) >= 11 is 0. The van der Waals surface area contributed by atoms with Crippen molar-refractivity contribution in [3.05, 3.63) is 35.4 Å². The lowest BCUT2D eigenvalue weighted by atomic mass is 9.86. The van der Waals surface area contributed by atoms with Gasteiger partial charge in [-0.2, -0.15) is 0 Å². The maximum absolute atomic E-state index is 11.0. The first-order valence-electron chi connectivity index (χ1n) is 6.69. The SMILES string of the molecule is CC(C(=O)O)N(C)C(C)c1ccc(C(C)(C)C)cc1. The third-order valence-corrected chi connectivity index (χ3v) is 3.84. The molecule has 0 aliphatic carbocycles. The summed E-state index contributed by atoms with van der Waals surface area (Å²) in [5, 5.41) is 9.06. The average Bonchev–Trinajstić information content (AvgIpc) is 2.35. The Balaban J connectivity index is 2.89. The normalized spacial score (nSPS) is 15.3. The quantitative estimate of drug-likeness (QED) is 0.904. The van der Waals surface area contributed by atoms with Gasteiger partial charge in [-0.05, 0) is 37.4 Å². The van der Waals surface area contributed by atoms with Crippen LogP contribution in [0.25, 0.3) is 0 Å². The number of hydrogen-bond donors (Lipinski definition) is 1. The Labute approximate surface area is 116 Å². The van der Waals surface area contributed by atoms with Crippen molar-refractivity contribution in [2.45, 2.75) is 52.1 Å². The summed E-state index contributed by atoms with van der Waals surface area (Å²) < 4.78 is 0. The highest BCUT2D eigenvalue weighted by atomic mass is 16.4. The number of carbonyl (C=O) groups is 1. The zero-order valence-electron chi connectivity index (χ0n) is 12.8. The lowest BCUT2D eigenvalue weighted by Gasteiger charge is -2.29. The molecule has 0 heterocycles. The predicted octanol–water partition coefficient (Wildman–Crippen LogP) is 3.45. The molecule has 1 rings (SSSR count). The molecule has 3 nitrogen and oxygen atoms in total. The predicted molar refractivity (Wildman–Crippen MR) is 78.4 cm³/mol. The van der Waals surface area contributed by atoms with E-state index in [1.807, 2.05) is 18.9 Å². The number of likely N-dealkylation sites (N-methyl/N-ethyl adjacent to an activating group) is 1. The molecule has 0 aliphatic heterocycles. The second-order valence-electron chi connectivity index (χ2n) is 6.23. The van der Waals surface area contributed by atoms with Crippen molar-refractivity contribution in [3.8, 4) is 0 Å². The first-order valence-corrected chi connectivity index (χ1v) is 6.69. The third-order valence-electron chi connectivity index (χ3n) is 3.84. The first-order chi connectivity index (χ1) is 8.64. The molecule has 0 fully saturated rings. The molecule has 0 spiro atoms. The highest BCUT2D eigenvalue weighted by Gasteiger charge is 2.23. The van der Waals surface area contributed by atoms with E-state index < -0.39 is 12.0 Å². The molecule has 1 N–H and O–H groups in total. The largest absolute Gasteiger partial charge is 0.480 e. The molecule has 0 radical (unpaired) electrons. The summed E-state index contributed by atoms with van der Waals surface area (Å²) in [4.78, 5) is 12.9. The summed E-state index contributed by atoms with van der Waals surface area (Å²) in [6, 6.07) is 8.04. The van der Waals surface area contributed by atoms with Crippen LogP contribution in [-0.4, -0.2) is 29.1 Å². The van der Waals surface area contributed by atoms with Crippen LogP contribution >= 0.6 is 0 Å². The zero-order chi connectivity index (χ0) is 14.8. The van der Waals surface area contributed by atoms with Crippen molar-refractivity contribution in [2.75, 3.05) is 7.05 Å². The fourth-order valence-electron chi connectivity index (χ4n) is 2.01. The van der Waals surface area contributed by atoms with Crippen LogP contribution in [0.1, 0.15) is 51.8 Å². The fraction of sp³-hybridized carbons (Fsp3) is 0.562. The Kier molecular flexibility index (Phi) is 4.75. The minimum absolute atomic E-state index is 0.0834. The van der Waals surface area contributed by atoms with Gasteiger partial charge in [0.1, 0.15) is 6.04 Å². The molecule has 0 aromatic heterocycles. The van der Waals surface area contributed by atoms with E-state index in [2.05, 4.69) is 45.0 Å². The van der Waals surface area contributed by atoms with Crippen molar-refractivity contribution in [1.29, 1.82) is 0 Å². The number of carboxylic acid groups (broad SMARTS) is 1. The van der Waals surface area contributed by atoms with Gasteiger partial charge < -0.3 is 5.11 Å². The van der Waals surface area contributed by atoms with Crippen molar-refractivity contribution >= 4 is 5.97 Å². The molecule has 19 heavy (non-hydrogen) atoms. The van der Waals surface area contributed by atoms with Crippen molar-refractivity contribution in [3.63, 3.8) is 0 Å². The molecule has 0 bridgehead atoms. The smallest absolute Gasteiger partial charge is 0.320 e. The van der Waals surface area contributed by atoms with Gasteiger partial charge in [0.05, 0.1) is 0 Å². The summed E-state index contributed by atoms with van der Waals surface area (Å²) in [5.41, 5.74) is 2.57. The number of carboxylic acids is 1. The summed E-state index contributed by atoms with van der Waals surface area (Å²) in [6.45, 7) is 10.3. The van der Waals surface area contributed by atoms with Crippen LogP contribution in [0.5, 0.6) is 0 Å². The van der Waals surface area contributed by atoms with Gasteiger partial charge in [0.2, 0.25) is 0 Å². The molecule has 0 amide bonds. The lowest BCUT2D eigenvalue weighted by molar-refractivity contribution is -0.142. The number of benzene rings is 1. The van der Waals surface area contributed by atoms with E-state index in [1.165, 1.54) is 5.56 Å². The van der Waals surface area contributed by atoms with Crippen molar-refractivity contribution in [1.82, 2.24) is 4.90 Å². The van der Waals surface area contributed by atoms with Crippen molar-refractivity contribution in [2.24, 2.45) is 0 Å². The van der Waals surface area contributed by atoms with Crippen molar-refractivity contribution < 1.29 is 9.90 Å². The number of rotatable bonds is 4. The van der Waals surface area contributed by atoms with E-state index in [0.29, 0.717) is 0 Å².